The molecule has 0 radical (unpaired) electrons. The van der Waals surface area contributed by atoms with E-state index < -0.39 is 0 Å². The fourth-order valence-electron chi connectivity index (χ4n) is 2.65. The van der Waals surface area contributed by atoms with Crippen LogP contribution < -0.4 is 5.32 Å². The Morgan fingerprint density at radius 3 is 2.80 bits per heavy atom. The van der Waals surface area contributed by atoms with Gasteiger partial charge in [-0.25, -0.2) is 0 Å². The van der Waals surface area contributed by atoms with Crippen LogP contribution in [0, 0.1) is 0 Å². The van der Waals surface area contributed by atoms with Crippen LogP contribution in [0.15, 0.2) is 0 Å². The van der Waals surface area contributed by atoms with Gasteiger partial charge in [0.05, 0.1) is 19.3 Å². The van der Waals surface area contributed by atoms with E-state index in [1.54, 1.807) is 0 Å². The summed E-state index contributed by atoms with van der Waals surface area (Å²) in [6.07, 6.45) is 2.14. The van der Waals surface area contributed by atoms with Crippen LogP contribution in [0.3, 0.4) is 0 Å². The van der Waals surface area contributed by atoms with Crippen molar-refractivity contribution < 1.29 is 14.3 Å². The first-order valence-corrected chi connectivity index (χ1v) is 7.87. The average molecular weight is 286 g/mol. The van der Waals surface area contributed by atoms with E-state index in [0.717, 1.165) is 39.1 Å². The first-order chi connectivity index (χ1) is 9.62. The van der Waals surface area contributed by atoms with E-state index in [1.165, 1.54) is 0 Å². The van der Waals surface area contributed by atoms with Gasteiger partial charge in [-0.1, -0.05) is 13.8 Å². The van der Waals surface area contributed by atoms with E-state index in [9.17, 15) is 4.79 Å². The molecule has 1 N–H and O–H groups in total. The number of rotatable bonds is 8. The second kappa shape index (κ2) is 9.32. The number of carbonyl (C=O) groups excluding carboxylic acids is 1. The van der Waals surface area contributed by atoms with E-state index in [4.69, 9.17) is 9.47 Å². The van der Waals surface area contributed by atoms with E-state index in [-0.39, 0.29) is 18.1 Å². The molecule has 1 saturated heterocycles. The van der Waals surface area contributed by atoms with Crippen molar-refractivity contribution in [1.29, 1.82) is 0 Å². The maximum absolute atomic E-state index is 11.9. The smallest absolute Gasteiger partial charge is 0.323 e. The molecule has 0 aromatic carbocycles. The minimum absolute atomic E-state index is 0.135. The zero-order valence-corrected chi connectivity index (χ0v) is 13.4. The van der Waals surface area contributed by atoms with Gasteiger partial charge >= 0.3 is 5.97 Å². The molecule has 3 atom stereocenters. The number of likely N-dealkylation sites (N-methyl/N-ethyl adjacent to an activating group) is 1. The van der Waals surface area contributed by atoms with Gasteiger partial charge in [-0.15, -0.1) is 0 Å². The fraction of sp³-hybridized carbons (Fsp3) is 0.933. The molecule has 0 saturated carbocycles. The van der Waals surface area contributed by atoms with Gasteiger partial charge in [-0.3, -0.25) is 9.69 Å². The summed E-state index contributed by atoms with van der Waals surface area (Å²) in [5, 5.41) is 3.22. The summed E-state index contributed by atoms with van der Waals surface area (Å²) >= 11 is 0. The molecule has 3 unspecified atom stereocenters. The van der Waals surface area contributed by atoms with Crippen LogP contribution in [0.5, 0.6) is 0 Å². The minimum atomic E-state index is -0.199. The standard InChI is InChI=1S/C15H30N2O3/c1-5-13-11-20-12(4)10-17(13)9-8-14(16-6-2)15(18)19-7-3/h12-14,16H,5-11H2,1-4H3. The number of nitrogens with one attached hydrogen (secondary N) is 1. The number of esters is 1. The topological polar surface area (TPSA) is 50.8 Å². The third kappa shape index (κ3) is 5.38. The van der Waals surface area contributed by atoms with Crippen LogP contribution in [-0.4, -0.2) is 61.9 Å². The molecule has 0 aromatic heterocycles. The van der Waals surface area contributed by atoms with E-state index >= 15 is 0 Å². The summed E-state index contributed by atoms with van der Waals surface area (Å²) < 4.78 is 10.8. The largest absolute Gasteiger partial charge is 0.465 e. The number of hydrogen-bond acceptors (Lipinski definition) is 5. The Balaban J connectivity index is 2.49. The number of ether oxygens (including phenoxy) is 2. The van der Waals surface area contributed by atoms with Gasteiger partial charge in [0, 0.05) is 19.1 Å². The Bertz CT molecular complexity index is 286. The van der Waals surface area contributed by atoms with Gasteiger partial charge in [0.25, 0.3) is 0 Å². The Morgan fingerprint density at radius 1 is 1.45 bits per heavy atom. The highest BCUT2D eigenvalue weighted by atomic mass is 16.5. The molecule has 5 heteroatoms. The summed E-state index contributed by atoms with van der Waals surface area (Å²) in [5.41, 5.74) is 0. The molecule has 0 bridgehead atoms. The fourth-order valence-corrected chi connectivity index (χ4v) is 2.65. The molecule has 1 fully saturated rings. The molecule has 5 nitrogen and oxygen atoms in total. The first-order valence-electron chi connectivity index (χ1n) is 7.87. The SMILES string of the molecule is CCNC(CCN1CC(C)OCC1CC)C(=O)OCC. The lowest BCUT2D eigenvalue weighted by Crippen LogP contribution is -2.50. The van der Waals surface area contributed by atoms with Crippen LogP contribution in [0.4, 0.5) is 0 Å². The van der Waals surface area contributed by atoms with Crippen molar-refractivity contribution in [2.45, 2.75) is 58.7 Å². The normalized spacial score (nSPS) is 25.4. The Hall–Kier alpha value is -0.650. The average Bonchev–Trinajstić information content (AvgIpc) is 2.43. The Labute approximate surface area is 123 Å². The highest BCUT2D eigenvalue weighted by Gasteiger charge is 2.27. The van der Waals surface area contributed by atoms with Crippen molar-refractivity contribution >= 4 is 5.97 Å². The van der Waals surface area contributed by atoms with Crippen molar-refractivity contribution in [2.75, 3.05) is 32.8 Å². The molecule has 118 valence electrons. The van der Waals surface area contributed by atoms with Crippen LogP contribution in [0.25, 0.3) is 0 Å². The van der Waals surface area contributed by atoms with Crippen LogP contribution >= 0.6 is 0 Å². The molecule has 1 rings (SSSR count). The molecule has 1 aliphatic rings. The van der Waals surface area contributed by atoms with Crippen LogP contribution in [0.2, 0.25) is 0 Å². The number of carbonyl (C=O) groups is 1. The van der Waals surface area contributed by atoms with Crippen molar-refractivity contribution in [3.05, 3.63) is 0 Å². The summed E-state index contributed by atoms with van der Waals surface area (Å²) in [6.45, 7) is 12.0. The van der Waals surface area contributed by atoms with Crippen LogP contribution in [0.1, 0.15) is 40.5 Å². The minimum Gasteiger partial charge on any atom is -0.465 e. The van der Waals surface area contributed by atoms with Crippen molar-refractivity contribution in [1.82, 2.24) is 10.2 Å². The van der Waals surface area contributed by atoms with Crippen molar-refractivity contribution in [3.8, 4) is 0 Å². The highest BCUT2D eigenvalue weighted by molar-refractivity contribution is 5.75. The number of hydrogen-bond donors (Lipinski definition) is 1. The zero-order valence-electron chi connectivity index (χ0n) is 13.4. The second-order valence-corrected chi connectivity index (χ2v) is 5.35. The lowest BCUT2D eigenvalue weighted by Gasteiger charge is -2.38. The molecule has 0 aromatic rings. The number of morpholine rings is 1. The second-order valence-electron chi connectivity index (χ2n) is 5.35. The zero-order chi connectivity index (χ0) is 15.0. The van der Waals surface area contributed by atoms with Crippen molar-refractivity contribution in [3.63, 3.8) is 0 Å². The molecule has 0 aliphatic carbocycles. The lowest BCUT2D eigenvalue weighted by atomic mass is 10.1. The first kappa shape index (κ1) is 17.4. The predicted molar refractivity (Wildman–Crippen MR) is 79.8 cm³/mol. The van der Waals surface area contributed by atoms with E-state index in [2.05, 4.69) is 24.1 Å². The highest BCUT2D eigenvalue weighted by Crippen LogP contribution is 2.15. The third-order valence-corrected chi connectivity index (χ3v) is 3.78. The molecular weight excluding hydrogens is 256 g/mol. The Kier molecular flexibility index (Phi) is 8.11. The van der Waals surface area contributed by atoms with E-state index in [0.29, 0.717) is 12.6 Å². The number of nitrogens with zero attached hydrogens (tertiary/aromatic N) is 1. The third-order valence-electron chi connectivity index (χ3n) is 3.78. The molecule has 1 heterocycles. The predicted octanol–water partition coefficient (Wildman–Crippen LogP) is 1.42. The van der Waals surface area contributed by atoms with Gasteiger partial charge in [0.1, 0.15) is 6.04 Å². The summed E-state index contributed by atoms with van der Waals surface area (Å²) in [4.78, 5) is 14.3. The maximum Gasteiger partial charge on any atom is 0.323 e. The molecule has 20 heavy (non-hydrogen) atoms. The lowest BCUT2D eigenvalue weighted by molar-refractivity contribution is -0.146. The summed E-state index contributed by atoms with van der Waals surface area (Å²) in [6, 6.07) is 0.270. The van der Waals surface area contributed by atoms with Gasteiger partial charge < -0.3 is 14.8 Å². The molecule has 1 aliphatic heterocycles. The van der Waals surface area contributed by atoms with Gasteiger partial charge in [0.15, 0.2) is 0 Å². The monoisotopic (exact) mass is 286 g/mol. The molecular formula is C15H30N2O3. The van der Waals surface area contributed by atoms with Gasteiger partial charge in [-0.2, -0.15) is 0 Å². The summed E-state index contributed by atoms with van der Waals surface area (Å²) in [7, 11) is 0. The summed E-state index contributed by atoms with van der Waals surface area (Å²) in [5.74, 6) is -0.135. The molecule has 0 spiro atoms. The van der Waals surface area contributed by atoms with Gasteiger partial charge in [0.2, 0.25) is 0 Å². The molecule has 0 amide bonds. The van der Waals surface area contributed by atoms with E-state index in [1.807, 2.05) is 13.8 Å². The quantitative estimate of drug-likeness (QED) is 0.684. The van der Waals surface area contributed by atoms with Crippen LogP contribution in [-0.2, 0) is 14.3 Å². The Morgan fingerprint density at radius 2 is 2.20 bits per heavy atom. The van der Waals surface area contributed by atoms with Gasteiger partial charge in [-0.05, 0) is 33.2 Å². The van der Waals surface area contributed by atoms with Crippen molar-refractivity contribution in [2.24, 2.45) is 0 Å². The maximum atomic E-state index is 11.9.